The van der Waals surface area contributed by atoms with Gasteiger partial charge in [0.2, 0.25) is 0 Å². The first kappa shape index (κ1) is 19.8. The van der Waals surface area contributed by atoms with Crippen LogP contribution >= 0.6 is 22.9 Å². The minimum absolute atomic E-state index is 0.153. The number of thiazole rings is 1. The van der Waals surface area contributed by atoms with Crippen LogP contribution in [0, 0.1) is 0 Å². The van der Waals surface area contributed by atoms with Crippen LogP contribution in [0.4, 0.5) is 14.7 Å². The van der Waals surface area contributed by atoms with E-state index in [0.29, 0.717) is 28.4 Å². The molecular weight excluding hydrogens is 422 g/mol. The second-order valence-corrected chi connectivity index (χ2v) is 8.40. The summed E-state index contributed by atoms with van der Waals surface area (Å²) >= 11 is 7.32. The molecule has 1 aliphatic heterocycles. The topological polar surface area (TPSA) is 51.2 Å². The zero-order chi connectivity index (χ0) is 20.9. The molecule has 1 aromatic carbocycles. The number of fused-ring (bicyclic) bond motifs is 1. The van der Waals surface area contributed by atoms with Crippen LogP contribution < -0.4 is 19.8 Å². The zero-order valence-corrected chi connectivity index (χ0v) is 17.5. The van der Waals surface area contributed by atoms with Crippen molar-refractivity contribution in [3.63, 3.8) is 0 Å². The minimum atomic E-state index is -2.63. The Kier molecular flexibility index (Phi) is 5.04. The molecule has 152 valence electrons. The van der Waals surface area contributed by atoms with Gasteiger partial charge in [0.1, 0.15) is 12.1 Å². The predicted octanol–water partition coefficient (Wildman–Crippen LogP) is 3.44. The maximum absolute atomic E-state index is 13.6. The molecule has 10 heteroatoms. The molecule has 3 aromatic rings. The maximum atomic E-state index is 13.6. The quantitative estimate of drug-likeness (QED) is 0.584. The third-order valence-corrected chi connectivity index (χ3v) is 6.23. The summed E-state index contributed by atoms with van der Waals surface area (Å²) in [5, 5.41) is 0. The molecule has 0 saturated carbocycles. The fourth-order valence-corrected chi connectivity index (χ4v) is 4.86. The van der Waals surface area contributed by atoms with E-state index in [1.165, 1.54) is 36.6 Å². The average Bonchev–Trinajstić information content (AvgIpc) is 3.27. The lowest BCUT2D eigenvalue weighted by Gasteiger charge is -2.15. The van der Waals surface area contributed by atoms with E-state index in [4.69, 9.17) is 16.3 Å². The van der Waals surface area contributed by atoms with Gasteiger partial charge in [-0.25, -0.2) is 23.1 Å². The molecule has 0 spiro atoms. The van der Waals surface area contributed by atoms with Crippen LogP contribution in [-0.2, 0) is 7.05 Å². The van der Waals surface area contributed by atoms with E-state index in [0.717, 1.165) is 4.88 Å². The van der Waals surface area contributed by atoms with E-state index in [-0.39, 0.29) is 22.7 Å². The summed E-state index contributed by atoms with van der Waals surface area (Å²) in [4.78, 5) is 20.5. The van der Waals surface area contributed by atoms with Crippen LogP contribution in [0.25, 0.3) is 11.1 Å². The lowest BCUT2D eigenvalue weighted by Crippen LogP contribution is -2.43. The Morgan fingerprint density at radius 1 is 1.41 bits per heavy atom. The van der Waals surface area contributed by atoms with Crippen molar-refractivity contribution in [1.29, 1.82) is 0 Å². The first-order chi connectivity index (χ1) is 13.8. The molecule has 1 aliphatic rings. The van der Waals surface area contributed by atoms with Crippen molar-refractivity contribution in [2.24, 2.45) is 7.05 Å². The molecule has 0 saturated heterocycles. The molecule has 0 bridgehead atoms. The van der Waals surface area contributed by atoms with Gasteiger partial charge in [0.05, 0.1) is 26.1 Å². The number of aromatic nitrogens is 3. The molecule has 0 radical (unpaired) electrons. The van der Waals surface area contributed by atoms with Crippen LogP contribution in [0.3, 0.4) is 0 Å². The highest BCUT2D eigenvalue weighted by molar-refractivity contribution is 7.15. The number of hydrogen-bond acceptors (Lipinski definition) is 5. The van der Waals surface area contributed by atoms with E-state index < -0.39 is 6.43 Å². The summed E-state index contributed by atoms with van der Waals surface area (Å²) in [7, 11) is 5.12. The molecule has 0 fully saturated rings. The standard InChI is InChI=1S/C19H18ClF2N4O2S/c1-24-9-12(13-8-23-18(20)29-13)26-16(27)14(17(28-3)25(2)19(24)26)10-5-4-6-11(7-10)15(21)22/h4-8,12,15H,9H2,1-3H3/q+1. The molecule has 4 rings (SSSR count). The molecule has 3 heterocycles. The molecule has 1 atom stereocenters. The van der Waals surface area contributed by atoms with Crippen molar-refractivity contribution in [3.05, 3.63) is 55.7 Å². The summed E-state index contributed by atoms with van der Waals surface area (Å²) in [6, 6.07) is 5.52. The Balaban J connectivity index is 2.00. The van der Waals surface area contributed by atoms with Gasteiger partial charge in [0.15, 0.2) is 10.5 Å². The van der Waals surface area contributed by atoms with Gasteiger partial charge in [-0.2, -0.15) is 4.57 Å². The average molecular weight is 440 g/mol. The number of methoxy groups -OCH3 is 1. The van der Waals surface area contributed by atoms with Crippen LogP contribution in [0.5, 0.6) is 5.88 Å². The fraction of sp³-hybridized carbons (Fsp3) is 0.316. The molecular formula is C19H18ClF2N4O2S+. The third-order valence-electron chi connectivity index (χ3n) is 5.01. The van der Waals surface area contributed by atoms with Crippen molar-refractivity contribution >= 4 is 28.9 Å². The monoisotopic (exact) mass is 439 g/mol. The van der Waals surface area contributed by atoms with Crippen molar-refractivity contribution in [2.45, 2.75) is 12.5 Å². The highest BCUT2D eigenvalue weighted by Crippen LogP contribution is 2.36. The molecule has 0 amide bonds. The molecule has 6 nitrogen and oxygen atoms in total. The number of rotatable bonds is 4. The Morgan fingerprint density at radius 2 is 2.17 bits per heavy atom. The first-order valence-electron chi connectivity index (χ1n) is 8.76. The van der Waals surface area contributed by atoms with E-state index in [1.807, 2.05) is 11.9 Å². The third kappa shape index (κ3) is 3.18. The van der Waals surface area contributed by atoms with Gasteiger partial charge >= 0.3 is 11.5 Å². The van der Waals surface area contributed by atoms with Crippen molar-refractivity contribution < 1.29 is 18.1 Å². The number of ether oxygens (including phenoxy) is 1. The number of hydrogen-bond donors (Lipinski definition) is 0. The van der Waals surface area contributed by atoms with Gasteiger partial charge in [-0.05, 0) is 11.6 Å². The van der Waals surface area contributed by atoms with E-state index in [2.05, 4.69) is 4.98 Å². The van der Waals surface area contributed by atoms with Gasteiger partial charge in [0, 0.05) is 11.8 Å². The van der Waals surface area contributed by atoms with Crippen LogP contribution in [-0.4, -0.2) is 30.3 Å². The first-order valence-corrected chi connectivity index (χ1v) is 9.96. The number of anilines is 1. The molecule has 2 aromatic heterocycles. The van der Waals surface area contributed by atoms with Gasteiger partial charge in [0.25, 0.3) is 12.3 Å². The smallest absolute Gasteiger partial charge is 0.365 e. The van der Waals surface area contributed by atoms with Crippen LogP contribution in [0.2, 0.25) is 4.47 Å². The van der Waals surface area contributed by atoms with Crippen molar-refractivity contribution in [3.8, 4) is 17.0 Å². The summed E-state index contributed by atoms with van der Waals surface area (Å²) < 4.78 is 35.8. The van der Waals surface area contributed by atoms with Gasteiger partial charge in [-0.15, -0.1) is 11.3 Å². The summed E-state index contributed by atoms with van der Waals surface area (Å²) in [6.45, 7) is 0.547. The van der Waals surface area contributed by atoms with E-state index in [1.54, 1.807) is 28.4 Å². The van der Waals surface area contributed by atoms with Crippen molar-refractivity contribution in [2.75, 3.05) is 25.6 Å². The zero-order valence-electron chi connectivity index (χ0n) is 15.9. The predicted molar refractivity (Wildman–Crippen MR) is 107 cm³/mol. The lowest BCUT2D eigenvalue weighted by molar-refractivity contribution is -0.666. The van der Waals surface area contributed by atoms with E-state index in [9.17, 15) is 13.6 Å². The Labute approximate surface area is 174 Å². The van der Waals surface area contributed by atoms with E-state index >= 15 is 0 Å². The number of benzene rings is 1. The summed E-state index contributed by atoms with van der Waals surface area (Å²) in [5.41, 5.74) is 0.142. The number of halogens is 3. The maximum Gasteiger partial charge on any atom is 0.365 e. The van der Waals surface area contributed by atoms with Crippen LogP contribution in [0.1, 0.15) is 22.9 Å². The number of alkyl halides is 2. The molecule has 1 unspecified atom stereocenters. The Hall–Kier alpha value is -2.52. The highest BCUT2D eigenvalue weighted by atomic mass is 35.5. The number of likely N-dealkylation sites (N-methyl/N-ethyl adjacent to an activating group) is 1. The Morgan fingerprint density at radius 3 is 2.79 bits per heavy atom. The van der Waals surface area contributed by atoms with Gasteiger partial charge < -0.3 is 4.74 Å². The summed E-state index contributed by atoms with van der Waals surface area (Å²) in [6.07, 6.45) is -0.973. The molecule has 0 aliphatic carbocycles. The molecule has 29 heavy (non-hydrogen) atoms. The SMILES string of the molecule is COc1c(-c2cccc(C(F)F)c2)c(=O)n2c([n+]1C)N(C)CC2c1cnc(Cl)s1. The lowest BCUT2D eigenvalue weighted by atomic mass is 10.0. The van der Waals surface area contributed by atoms with Crippen molar-refractivity contribution in [1.82, 2.24) is 9.55 Å². The highest BCUT2D eigenvalue weighted by Gasteiger charge is 2.42. The minimum Gasteiger partial charge on any atom is -0.471 e. The number of nitrogens with zero attached hydrogens (tertiary/aromatic N) is 4. The second-order valence-electron chi connectivity index (χ2n) is 6.76. The van der Waals surface area contributed by atoms with Crippen LogP contribution in [0.15, 0.2) is 35.3 Å². The Bertz CT molecular complexity index is 1150. The fourth-order valence-electron chi connectivity index (χ4n) is 3.82. The largest absolute Gasteiger partial charge is 0.471 e. The summed E-state index contributed by atoms with van der Waals surface area (Å²) in [5.74, 6) is 0.956. The van der Waals surface area contributed by atoms with Gasteiger partial charge in [-0.3, -0.25) is 4.90 Å². The second kappa shape index (κ2) is 7.38. The normalized spacial score (nSPS) is 15.8. The van der Waals surface area contributed by atoms with Gasteiger partial charge in [-0.1, -0.05) is 29.8 Å². The molecule has 0 N–H and O–H groups in total.